The average Bonchev–Trinajstić information content (AvgIpc) is 3.25. The summed E-state index contributed by atoms with van der Waals surface area (Å²) in [6.45, 7) is 4.34. The highest BCUT2D eigenvalue weighted by Crippen LogP contribution is 2.26. The number of nitrogens with one attached hydrogen (secondary N) is 1. The van der Waals surface area contributed by atoms with Gasteiger partial charge >= 0.3 is 0 Å². The van der Waals surface area contributed by atoms with Gasteiger partial charge in [-0.2, -0.15) is 0 Å². The molecule has 0 aliphatic rings. The fraction of sp³-hybridized carbons (Fsp3) is 0.158. The normalized spacial score (nSPS) is 11.3. The number of hydrogen-bond donors (Lipinski definition) is 1. The number of thiazole rings is 1. The van der Waals surface area contributed by atoms with Crippen LogP contribution < -0.4 is 5.32 Å². The van der Waals surface area contributed by atoms with Crippen molar-refractivity contribution in [2.45, 2.75) is 19.8 Å². The summed E-state index contributed by atoms with van der Waals surface area (Å²) in [6.07, 6.45) is 4.61. The minimum Gasteiger partial charge on any atom is -0.465 e. The molecule has 0 saturated carbocycles. The molecule has 0 spiro atoms. The van der Waals surface area contributed by atoms with E-state index in [-0.39, 0.29) is 5.91 Å². The number of amides is 1. The average molecular weight is 338 g/mol. The van der Waals surface area contributed by atoms with Gasteiger partial charge in [-0.05, 0) is 29.7 Å². The lowest BCUT2D eigenvalue weighted by Gasteiger charge is -2.05. The van der Waals surface area contributed by atoms with Crippen LogP contribution in [-0.2, 0) is 4.79 Å². The third kappa shape index (κ3) is 4.00. The third-order valence-corrected chi connectivity index (χ3v) is 4.31. The zero-order valence-corrected chi connectivity index (χ0v) is 14.3. The van der Waals surface area contributed by atoms with Gasteiger partial charge in [0.2, 0.25) is 5.91 Å². The summed E-state index contributed by atoms with van der Waals surface area (Å²) in [4.78, 5) is 16.4. The topological polar surface area (TPSA) is 55.1 Å². The second-order valence-corrected chi connectivity index (χ2v) is 6.51. The van der Waals surface area contributed by atoms with E-state index in [0.717, 1.165) is 11.3 Å². The van der Waals surface area contributed by atoms with Crippen molar-refractivity contribution in [3.8, 4) is 11.3 Å². The molecule has 3 aromatic rings. The first-order chi connectivity index (χ1) is 11.6. The van der Waals surface area contributed by atoms with Gasteiger partial charge in [0.05, 0.1) is 12.0 Å². The third-order valence-electron chi connectivity index (χ3n) is 3.55. The van der Waals surface area contributed by atoms with Gasteiger partial charge in [0.1, 0.15) is 5.76 Å². The zero-order valence-electron chi connectivity index (χ0n) is 13.5. The summed E-state index contributed by atoms with van der Waals surface area (Å²) in [5.41, 5.74) is 3.20. The maximum Gasteiger partial charge on any atom is 0.250 e. The monoisotopic (exact) mass is 338 g/mol. The van der Waals surface area contributed by atoms with Crippen molar-refractivity contribution in [1.82, 2.24) is 4.98 Å². The lowest BCUT2D eigenvalue weighted by atomic mass is 10.0. The Morgan fingerprint density at radius 1 is 1.25 bits per heavy atom. The summed E-state index contributed by atoms with van der Waals surface area (Å²) in [5.74, 6) is 0.906. The quantitative estimate of drug-likeness (QED) is 0.652. The molecule has 0 unspecified atom stereocenters. The summed E-state index contributed by atoms with van der Waals surface area (Å²) in [6, 6.07) is 11.9. The maximum absolute atomic E-state index is 11.9. The van der Waals surface area contributed by atoms with E-state index in [1.54, 1.807) is 24.5 Å². The number of rotatable bonds is 5. The van der Waals surface area contributed by atoms with Gasteiger partial charge in [-0.3, -0.25) is 10.1 Å². The molecule has 0 aliphatic heterocycles. The van der Waals surface area contributed by atoms with Crippen LogP contribution in [0.2, 0.25) is 0 Å². The van der Waals surface area contributed by atoms with Crippen LogP contribution in [0.3, 0.4) is 0 Å². The highest BCUT2D eigenvalue weighted by atomic mass is 32.1. The van der Waals surface area contributed by atoms with Crippen molar-refractivity contribution in [3.63, 3.8) is 0 Å². The minimum atomic E-state index is -0.234. The van der Waals surface area contributed by atoms with Crippen molar-refractivity contribution in [3.05, 3.63) is 65.4 Å². The van der Waals surface area contributed by atoms with Crippen molar-refractivity contribution >= 4 is 28.5 Å². The molecule has 0 bridgehead atoms. The lowest BCUT2D eigenvalue weighted by molar-refractivity contribution is -0.111. The summed E-state index contributed by atoms with van der Waals surface area (Å²) < 4.78 is 5.14. The molecule has 0 fully saturated rings. The Labute approximate surface area is 144 Å². The van der Waals surface area contributed by atoms with Crippen LogP contribution in [0.15, 0.2) is 58.5 Å². The predicted octanol–water partition coefficient (Wildman–Crippen LogP) is 5.18. The number of benzene rings is 1. The van der Waals surface area contributed by atoms with Crippen LogP contribution in [0.25, 0.3) is 17.3 Å². The van der Waals surface area contributed by atoms with E-state index in [4.69, 9.17) is 4.42 Å². The van der Waals surface area contributed by atoms with Crippen LogP contribution >= 0.6 is 11.3 Å². The first kappa shape index (κ1) is 16.2. The van der Waals surface area contributed by atoms with E-state index in [9.17, 15) is 4.79 Å². The summed E-state index contributed by atoms with van der Waals surface area (Å²) >= 11 is 1.41. The van der Waals surface area contributed by atoms with Crippen LogP contribution in [0.5, 0.6) is 0 Å². The fourth-order valence-corrected chi connectivity index (χ4v) is 2.92. The molecule has 2 aromatic heterocycles. The van der Waals surface area contributed by atoms with Crippen molar-refractivity contribution in [2.75, 3.05) is 5.32 Å². The van der Waals surface area contributed by atoms with Gasteiger partial charge < -0.3 is 4.42 Å². The largest absolute Gasteiger partial charge is 0.465 e. The van der Waals surface area contributed by atoms with Crippen LogP contribution in [0.4, 0.5) is 5.13 Å². The molecule has 2 heterocycles. The van der Waals surface area contributed by atoms with Crippen LogP contribution in [-0.4, -0.2) is 10.9 Å². The highest BCUT2D eigenvalue weighted by Gasteiger charge is 2.07. The van der Waals surface area contributed by atoms with Crippen LogP contribution in [0, 0.1) is 0 Å². The van der Waals surface area contributed by atoms with E-state index in [0.29, 0.717) is 16.8 Å². The summed E-state index contributed by atoms with van der Waals surface area (Å²) in [5, 5.41) is 5.28. The molecular weight excluding hydrogens is 320 g/mol. The first-order valence-corrected chi connectivity index (χ1v) is 8.58. The van der Waals surface area contributed by atoms with E-state index >= 15 is 0 Å². The molecule has 1 aromatic carbocycles. The Bertz CT molecular complexity index is 831. The van der Waals surface area contributed by atoms with Gasteiger partial charge in [-0.1, -0.05) is 38.1 Å². The summed E-state index contributed by atoms with van der Waals surface area (Å²) in [7, 11) is 0. The molecule has 4 nitrogen and oxygen atoms in total. The van der Waals surface area contributed by atoms with Gasteiger partial charge in [0.15, 0.2) is 5.13 Å². The Balaban J connectivity index is 1.65. The number of furan rings is 1. The van der Waals surface area contributed by atoms with Gasteiger partial charge in [0.25, 0.3) is 0 Å². The second kappa shape index (κ2) is 7.27. The molecule has 0 atom stereocenters. The number of hydrogen-bond acceptors (Lipinski definition) is 4. The van der Waals surface area contributed by atoms with E-state index < -0.39 is 0 Å². The fourth-order valence-electron chi connectivity index (χ4n) is 2.19. The number of aromatic nitrogens is 1. The molecule has 0 radical (unpaired) electrons. The number of nitrogens with zero attached hydrogens (tertiary/aromatic N) is 1. The van der Waals surface area contributed by atoms with Crippen LogP contribution in [0.1, 0.15) is 31.1 Å². The molecule has 1 N–H and O–H groups in total. The SMILES string of the molecule is CC(C)c1ccc(-c2csc(NC(=O)/C=C/c3ccco3)n2)cc1. The smallest absolute Gasteiger partial charge is 0.250 e. The Morgan fingerprint density at radius 2 is 2.04 bits per heavy atom. The number of carbonyl (C=O) groups excluding carboxylic acids is 1. The Morgan fingerprint density at radius 3 is 2.71 bits per heavy atom. The minimum absolute atomic E-state index is 0.234. The molecule has 0 aliphatic carbocycles. The molecular formula is C19H18N2O2S. The van der Waals surface area contributed by atoms with E-state index in [2.05, 4.69) is 48.4 Å². The van der Waals surface area contributed by atoms with E-state index in [1.165, 1.54) is 23.0 Å². The van der Waals surface area contributed by atoms with Gasteiger partial charge in [-0.15, -0.1) is 11.3 Å². The second-order valence-electron chi connectivity index (χ2n) is 5.65. The van der Waals surface area contributed by atoms with Gasteiger partial charge in [-0.25, -0.2) is 4.98 Å². The molecule has 0 saturated heterocycles. The maximum atomic E-state index is 11.9. The molecule has 3 rings (SSSR count). The molecule has 5 heteroatoms. The number of anilines is 1. The zero-order chi connectivity index (χ0) is 16.9. The van der Waals surface area contributed by atoms with Gasteiger partial charge in [0, 0.05) is 17.0 Å². The van der Waals surface area contributed by atoms with Crippen molar-refractivity contribution < 1.29 is 9.21 Å². The first-order valence-electron chi connectivity index (χ1n) is 7.70. The highest BCUT2D eigenvalue weighted by molar-refractivity contribution is 7.14. The van der Waals surface area contributed by atoms with E-state index in [1.807, 2.05) is 5.38 Å². The molecule has 1 amide bonds. The number of carbonyl (C=O) groups is 1. The lowest BCUT2D eigenvalue weighted by Crippen LogP contribution is -2.07. The predicted molar refractivity (Wildman–Crippen MR) is 98.0 cm³/mol. The molecule has 122 valence electrons. The Kier molecular flexibility index (Phi) is 4.91. The standard InChI is InChI=1S/C19H18N2O2S/c1-13(2)14-5-7-15(8-6-14)17-12-24-19(20-17)21-18(22)10-9-16-4-3-11-23-16/h3-13H,1-2H3,(H,20,21,22)/b10-9+. The molecule has 24 heavy (non-hydrogen) atoms. The van der Waals surface area contributed by atoms with Crippen molar-refractivity contribution in [1.29, 1.82) is 0 Å². The Hall–Kier alpha value is -2.66. The van der Waals surface area contributed by atoms with Crippen molar-refractivity contribution in [2.24, 2.45) is 0 Å².